The third kappa shape index (κ3) is 3.37. The third-order valence-electron chi connectivity index (χ3n) is 1.64. The molecule has 0 atom stereocenters. The minimum Gasteiger partial charge on any atom is -0.403 e. The third-order valence-corrected chi connectivity index (χ3v) is 2.98. The molecule has 0 saturated heterocycles. The van der Waals surface area contributed by atoms with Crippen molar-refractivity contribution in [3.8, 4) is 5.75 Å². The highest BCUT2D eigenvalue weighted by molar-refractivity contribution is 14.1. The van der Waals surface area contributed by atoms with E-state index in [1.165, 1.54) is 13.1 Å². The smallest absolute Gasteiger partial charge is 0.403 e. The molecule has 7 heteroatoms. The molecule has 0 aromatic carbocycles. The summed E-state index contributed by atoms with van der Waals surface area (Å²) in [6.07, 6.45) is -3.27. The molecule has 1 aromatic rings. The van der Waals surface area contributed by atoms with E-state index in [0.29, 0.717) is 9.13 Å². The second-order valence-corrected chi connectivity index (χ2v) is 4.12. The van der Waals surface area contributed by atoms with Gasteiger partial charge in [-0.25, -0.2) is 0 Å². The predicted molar refractivity (Wildman–Crippen MR) is 57.9 cm³/mol. The van der Waals surface area contributed by atoms with E-state index in [2.05, 4.69) is 9.72 Å². The lowest BCUT2D eigenvalue weighted by Gasteiger charge is -2.14. The molecule has 2 nitrogen and oxygen atoms in total. The van der Waals surface area contributed by atoms with Gasteiger partial charge in [0.25, 0.3) is 0 Å². The molecule has 0 aliphatic heterocycles. The van der Waals surface area contributed by atoms with E-state index in [4.69, 9.17) is 11.6 Å². The van der Waals surface area contributed by atoms with Gasteiger partial charge >= 0.3 is 6.36 Å². The second-order valence-electron chi connectivity index (χ2n) is 2.69. The van der Waals surface area contributed by atoms with Crippen LogP contribution in [0.25, 0.3) is 0 Å². The highest BCUT2D eigenvalue weighted by atomic mass is 127. The molecule has 0 radical (unpaired) electrons. The van der Waals surface area contributed by atoms with Crippen molar-refractivity contribution < 1.29 is 17.9 Å². The van der Waals surface area contributed by atoms with Crippen LogP contribution in [0.4, 0.5) is 13.2 Å². The summed E-state index contributed by atoms with van der Waals surface area (Å²) in [6.45, 7) is 1.53. The van der Waals surface area contributed by atoms with Gasteiger partial charge in [0, 0.05) is 15.3 Å². The van der Waals surface area contributed by atoms with E-state index < -0.39 is 6.36 Å². The fourth-order valence-electron chi connectivity index (χ4n) is 0.961. The minimum atomic E-state index is -4.72. The van der Waals surface area contributed by atoms with Crippen LogP contribution < -0.4 is 4.74 Å². The summed E-state index contributed by atoms with van der Waals surface area (Å²) >= 11 is 7.35. The Kier molecular flexibility index (Phi) is 4.05. The fourth-order valence-corrected chi connectivity index (χ4v) is 1.54. The molecular formula is C8H6ClF3INO. The molecule has 1 rings (SSSR count). The standard InChI is InChI=1S/C8H6ClF3INO/c1-4-5(13)3-14-6(2-9)7(4)15-8(10,11)12/h3H,2H2,1H3. The van der Waals surface area contributed by atoms with Gasteiger partial charge in [-0.1, -0.05) is 0 Å². The summed E-state index contributed by atoms with van der Waals surface area (Å²) in [4.78, 5) is 3.78. The van der Waals surface area contributed by atoms with Crippen molar-refractivity contribution in [3.05, 3.63) is 21.0 Å². The maximum Gasteiger partial charge on any atom is 0.573 e. The Labute approximate surface area is 103 Å². The summed E-state index contributed by atoms with van der Waals surface area (Å²) < 4.78 is 40.7. The van der Waals surface area contributed by atoms with Crippen LogP contribution in [0, 0.1) is 10.5 Å². The van der Waals surface area contributed by atoms with Gasteiger partial charge in [0.15, 0.2) is 5.75 Å². The highest BCUT2D eigenvalue weighted by Gasteiger charge is 2.33. The molecule has 0 aliphatic rings. The van der Waals surface area contributed by atoms with Crippen molar-refractivity contribution in [1.29, 1.82) is 0 Å². The number of alkyl halides is 4. The van der Waals surface area contributed by atoms with Gasteiger partial charge in [-0.15, -0.1) is 24.8 Å². The first-order valence-electron chi connectivity index (χ1n) is 3.81. The lowest BCUT2D eigenvalue weighted by Crippen LogP contribution is -2.19. The monoisotopic (exact) mass is 351 g/mol. The van der Waals surface area contributed by atoms with Crippen LogP contribution in [-0.4, -0.2) is 11.3 Å². The minimum absolute atomic E-state index is 0.0897. The van der Waals surface area contributed by atoms with Crippen LogP contribution >= 0.6 is 34.2 Å². The average Bonchev–Trinajstić information content (AvgIpc) is 2.11. The maximum absolute atomic E-state index is 12.1. The van der Waals surface area contributed by atoms with Gasteiger partial charge in [0.2, 0.25) is 0 Å². The predicted octanol–water partition coefficient (Wildman–Crippen LogP) is 3.63. The number of aromatic nitrogens is 1. The summed E-state index contributed by atoms with van der Waals surface area (Å²) in [5.41, 5.74) is 0.477. The molecule has 0 saturated carbocycles. The van der Waals surface area contributed by atoms with Gasteiger partial charge in [0.1, 0.15) is 0 Å². The molecule has 0 amide bonds. The lowest BCUT2D eigenvalue weighted by atomic mass is 10.2. The largest absolute Gasteiger partial charge is 0.573 e. The van der Waals surface area contributed by atoms with E-state index in [-0.39, 0.29) is 17.3 Å². The zero-order chi connectivity index (χ0) is 11.6. The molecule has 1 heterocycles. The molecule has 0 bridgehead atoms. The zero-order valence-corrected chi connectivity index (χ0v) is 10.4. The van der Waals surface area contributed by atoms with E-state index in [1.54, 1.807) is 0 Å². The Balaban J connectivity index is 3.18. The Morgan fingerprint density at radius 2 is 2.13 bits per heavy atom. The Hall–Kier alpha value is -0.240. The summed E-state index contributed by atoms with van der Waals surface area (Å²) in [5, 5.41) is 0. The number of nitrogens with zero attached hydrogens (tertiary/aromatic N) is 1. The molecule has 0 fully saturated rings. The number of pyridine rings is 1. The van der Waals surface area contributed by atoms with Crippen molar-refractivity contribution >= 4 is 34.2 Å². The molecule has 15 heavy (non-hydrogen) atoms. The van der Waals surface area contributed by atoms with Crippen LogP contribution in [-0.2, 0) is 5.88 Å². The van der Waals surface area contributed by atoms with Crippen molar-refractivity contribution in [2.24, 2.45) is 0 Å². The maximum atomic E-state index is 12.1. The van der Waals surface area contributed by atoms with E-state index in [9.17, 15) is 13.2 Å². The number of hydrogen-bond acceptors (Lipinski definition) is 2. The molecule has 0 N–H and O–H groups in total. The zero-order valence-electron chi connectivity index (χ0n) is 7.53. The Morgan fingerprint density at radius 3 is 2.60 bits per heavy atom. The van der Waals surface area contributed by atoms with Crippen LogP contribution in [0.3, 0.4) is 0 Å². The molecule has 0 spiro atoms. The van der Waals surface area contributed by atoms with Crippen LogP contribution in [0.5, 0.6) is 5.75 Å². The van der Waals surface area contributed by atoms with Crippen molar-refractivity contribution in [1.82, 2.24) is 4.98 Å². The topological polar surface area (TPSA) is 22.1 Å². The van der Waals surface area contributed by atoms with E-state index in [0.717, 1.165) is 0 Å². The first-order valence-corrected chi connectivity index (χ1v) is 5.42. The Bertz CT molecular complexity index is 370. The van der Waals surface area contributed by atoms with Gasteiger partial charge < -0.3 is 4.74 Å². The van der Waals surface area contributed by atoms with Gasteiger partial charge in [-0.3, -0.25) is 4.98 Å². The summed E-state index contributed by atoms with van der Waals surface area (Å²) in [5.74, 6) is -0.423. The van der Waals surface area contributed by atoms with Crippen molar-refractivity contribution in [2.45, 2.75) is 19.2 Å². The summed E-state index contributed by atoms with van der Waals surface area (Å²) in [6, 6.07) is 0. The number of hydrogen-bond donors (Lipinski definition) is 0. The fraction of sp³-hybridized carbons (Fsp3) is 0.375. The van der Waals surface area contributed by atoms with Gasteiger partial charge in [0.05, 0.1) is 11.6 Å². The lowest BCUT2D eigenvalue weighted by molar-refractivity contribution is -0.275. The van der Waals surface area contributed by atoms with Crippen LogP contribution in [0.1, 0.15) is 11.3 Å². The van der Waals surface area contributed by atoms with Crippen molar-refractivity contribution in [3.63, 3.8) is 0 Å². The van der Waals surface area contributed by atoms with Crippen LogP contribution in [0.2, 0.25) is 0 Å². The molecular weight excluding hydrogens is 345 g/mol. The van der Waals surface area contributed by atoms with Crippen molar-refractivity contribution in [2.75, 3.05) is 0 Å². The Morgan fingerprint density at radius 1 is 1.53 bits per heavy atom. The molecule has 1 aromatic heterocycles. The quantitative estimate of drug-likeness (QED) is 0.600. The van der Waals surface area contributed by atoms with E-state index >= 15 is 0 Å². The van der Waals surface area contributed by atoms with Gasteiger partial charge in [-0.2, -0.15) is 0 Å². The van der Waals surface area contributed by atoms with Gasteiger partial charge in [-0.05, 0) is 29.5 Å². The molecule has 84 valence electrons. The number of ether oxygens (including phenoxy) is 1. The average molecular weight is 351 g/mol. The van der Waals surface area contributed by atoms with E-state index in [1.807, 2.05) is 22.6 Å². The first kappa shape index (κ1) is 12.8. The molecule has 0 unspecified atom stereocenters. The first-order chi connectivity index (χ1) is 6.85. The highest BCUT2D eigenvalue weighted by Crippen LogP contribution is 2.31. The second kappa shape index (κ2) is 4.73. The summed E-state index contributed by atoms with van der Waals surface area (Å²) in [7, 11) is 0. The number of rotatable bonds is 2. The molecule has 0 aliphatic carbocycles. The normalized spacial score (nSPS) is 11.6. The van der Waals surface area contributed by atoms with Crippen LogP contribution in [0.15, 0.2) is 6.20 Å². The number of halogens is 5. The SMILES string of the molecule is Cc1c(I)cnc(CCl)c1OC(F)(F)F.